The molecule has 1 heteroatoms. The predicted molar refractivity (Wildman–Crippen MR) is 238 cm³/mol. The van der Waals surface area contributed by atoms with E-state index < -0.39 is 5.41 Å². The molecule has 0 bridgehead atoms. The minimum Gasteiger partial charge on any atom is -0.310 e. The largest absolute Gasteiger partial charge is 0.310 e. The van der Waals surface area contributed by atoms with E-state index in [4.69, 9.17) is 0 Å². The molecule has 2 aliphatic rings. The summed E-state index contributed by atoms with van der Waals surface area (Å²) in [5.41, 5.74) is 16.5. The van der Waals surface area contributed by atoms with E-state index in [1.807, 2.05) is 0 Å². The number of rotatable bonds is 5. The summed E-state index contributed by atoms with van der Waals surface area (Å²) in [4.78, 5) is 2.51. The summed E-state index contributed by atoms with van der Waals surface area (Å²) < 4.78 is 0. The molecule has 0 radical (unpaired) electrons. The van der Waals surface area contributed by atoms with Gasteiger partial charge in [0.05, 0.1) is 11.1 Å². The number of nitrogens with zero attached hydrogens (tertiary/aromatic N) is 1. The third kappa shape index (κ3) is 4.43. The Labute approximate surface area is 329 Å². The second kappa shape index (κ2) is 12.3. The van der Waals surface area contributed by atoms with Crippen LogP contribution in [0.2, 0.25) is 0 Å². The van der Waals surface area contributed by atoms with Gasteiger partial charge in [-0.25, -0.2) is 0 Å². The van der Waals surface area contributed by atoms with Crippen molar-refractivity contribution < 1.29 is 0 Å². The fourth-order valence-electron chi connectivity index (χ4n) is 10.3. The minimum absolute atomic E-state index is 0.453. The summed E-state index contributed by atoms with van der Waals surface area (Å²) in [7, 11) is 0. The molecule has 0 fully saturated rings. The highest BCUT2D eigenvalue weighted by molar-refractivity contribution is 6.24. The average molecular weight is 718 g/mol. The molecule has 1 spiro atoms. The van der Waals surface area contributed by atoms with E-state index in [0.29, 0.717) is 11.8 Å². The van der Waals surface area contributed by atoms with Gasteiger partial charge in [-0.15, -0.1) is 0 Å². The second-order valence-corrected chi connectivity index (χ2v) is 16.4. The Hall–Kier alpha value is -6.44. The fourth-order valence-corrected chi connectivity index (χ4v) is 10.3. The monoisotopic (exact) mass is 717 g/mol. The first-order valence-electron chi connectivity index (χ1n) is 20.2. The molecule has 9 aromatic rings. The summed E-state index contributed by atoms with van der Waals surface area (Å²) in [5, 5.41) is 7.76. The van der Waals surface area contributed by atoms with Crippen LogP contribution < -0.4 is 4.90 Å². The molecule has 0 atom stereocenters. The summed E-state index contributed by atoms with van der Waals surface area (Å²) in [6.07, 6.45) is 0. The van der Waals surface area contributed by atoms with Gasteiger partial charge in [0, 0.05) is 16.8 Å². The summed E-state index contributed by atoms with van der Waals surface area (Å²) in [6.45, 7) is 9.08. The highest BCUT2D eigenvalue weighted by atomic mass is 15.1. The smallest absolute Gasteiger partial charge is 0.0732 e. The zero-order chi connectivity index (χ0) is 37.7. The number of anilines is 3. The van der Waals surface area contributed by atoms with Gasteiger partial charge in [-0.3, -0.25) is 0 Å². The van der Waals surface area contributed by atoms with E-state index in [9.17, 15) is 0 Å². The lowest BCUT2D eigenvalue weighted by Gasteiger charge is -2.34. The van der Waals surface area contributed by atoms with Crippen molar-refractivity contribution in [3.05, 3.63) is 209 Å². The van der Waals surface area contributed by atoms with E-state index >= 15 is 0 Å². The Kier molecular flexibility index (Phi) is 7.23. The topological polar surface area (TPSA) is 3.24 Å². The van der Waals surface area contributed by atoms with E-state index in [0.717, 1.165) is 11.4 Å². The molecule has 0 unspecified atom stereocenters. The van der Waals surface area contributed by atoms with Crippen LogP contribution in [0.5, 0.6) is 0 Å². The number of hydrogen-bond acceptors (Lipinski definition) is 1. The van der Waals surface area contributed by atoms with E-state index in [1.165, 1.54) is 93.6 Å². The molecule has 0 amide bonds. The molecule has 11 rings (SSSR count). The lowest BCUT2D eigenvalue weighted by Crippen LogP contribution is -2.26. The highest BCUT2D eigenvalue weighted by Gasteiger charge is 2.53. The molecular formula is C55H43N. The summed E-state index contributed by atoms with van der Waals surface area (Å²) >= 11 is 0. The van der Waals surface area contributed by atoms with Crippen LogP contribution in [0.4, 0.5) is 17.1 Å². The molecule has 0 heterocycles. The molecule has 2 aliphatic carbocycles. The normalized spacial score (nSPS) is 13.5. The molecular weight excluding hydrogens is 675 g/mol. The molecule has 0 N–H and O–H groups in total. The first kappa shape index (κ1) is 32.9. The lowest BCUT2D eigenvalue weighted by atomic mass is 9.69. The van der Waals surface area contributed by atoms with Gasteiger partial charge in [0.2, 0.25) is 0 Å². The van der Waals surface area contributed by atoms with Crippen LogP contribution in [0.3, 0.4) is 0 Å². The third-order valence-electron chi connectivity index (χ3n) is 12.8. The van der Waals surface area contributed by atoms with Crippen LogP contribution in [0, 0.1) is 0 Å². The van der Waals surface area contributed by atoms with Crippen LogP contribution in [0.1, 0.15) is 72.9 Å². The van der Waals surface area contributed by atoms with Gasteiger partial charge in [-0.05, 0) is 125 Å². The highest BCUT2D eigenvalue weighted by Crippen LogP contribution is 2.67. The van der Waals surface area contributed by atoms with Gasteiger partial charge in [0.1, 0.15) is 0 Å². The molecule has 9 aromatic carbocycles. The maximum atomic E-state index is 2.58. The Bertz CT molecular complexity index is 2920. The first-order chi connectivity index (χ1) is 27.5. The Morgan fingerprint density at radius 2 is 0.786 bits per heavy atom. The van der Waals surface area contributed by atoms with Gasteiger partial charge in [0.15, 0.2) is 0 Å². The lowest BCUT2D eigenvalue weighted by molar-refractivity contribution is 0.802. The van der Waals surface area contributed by atoms with Crippen LogP contribution in [-0.2, 0) is 5.41 Å². The number of benzene rings is 9. The van der Waals surface area contributed by atoms with Gasteiger partial charge < -0.3 is 4.90 Å². The molecule has 0 aliphatic heterocycles. The molecule has 0 saturated carbocycles. The number of fused-ring (bicyclic) bond motifs is 17. The molecule has 0 aromatic heterocycles. The second-order valence-electron chi connectivity index (χ2n) is 16.4. The zero-order valence-electron chi connectivity index (χ0n) is 32.3. The summed E-state index contributed by atoms with van der Waals surface area (Å²) in [6, 6.07) is 66.9. The van der Waals surface area contributed by atoms with Crippen LogP contribution in [0.25, 0.3) is 54.6 Å². The standard InChI is InChI=1S/C55H43N/c1-34(2)36-25-29-38(30-26-36)56(39-31-27-37(28-32-39)35(3)4)51-33-50-52(46-21-9-7-19-44(46)51)53-45-20-8-5-15-40(45)41-16-6-10-22-47(41)54(53)55(50)48-23-13-11-17-42(48)43-18-12-14-24-49(43)55/h5-35H,1-4H3. The zero-order valence-corrected chi connectivity index (χ0v) is 32.3. The predicted octanol–water partition coefficient (Wildman–Crippen LogP) is 15.2. The van der Waals surface area contributed by atoms with Crippen molar-refractivity contribution >= 4 is 49.4 Å². The van der Waals surface area contributed by atoms with Crippen molar-refractivity contribution in [2.75, 3.05) is 4.90 Å². The van der Waals surface area contributed by atoms with Crippen molar-refractivity contribution in [1.82, 2.24) is 0 Å². The minimum atomic E-state index is -0.533. The van der Waals surface area contributed by atoms with Crippen molar-refractivity contribution in [1.29, 1.82) is 0 Å². The Morgan fingerprint density at radius 1 is 0.375 bits per heavy atom. The molecule has 1 nitrogen and oxygen atoms in total. The maximum absolute atomic E-state index is 2.58. The SMILES string of the molecule is CC(C)c1ccc(N(c2ccc(C(C)C)cc2)c2cc3c(c4ccccc24)-c2c(c4ccccc4c4ccccc24)C32c3ccccc3-c3ccccc32)cc1. The van der Waals surface area contributed by atoms with Crippen molar-refractivity contribution in [2.45, 2.75) is 44.9 Å². The fraction of sp³-hybridized carbons (Fsp3) is 0.127. The van der Waals surface area contributed by atoms with Crippen LogP contribution in [-0.4, -0.2) is 0 Å². The van der Waals surface area contributed by atoms with Gasteiger partial charge in [0.25, 0.3) is 0 Å². The molecule has 268 valence electrons. The van der Waals surface area contributed by atoms with Crippen molar-refractivity contribution in [2.24, 2.45) is 0 Å². The first-order valence-corrected chi connectivity index (χ1v) is 20.2. The van der Waals surface area contributed by atoms with Gasteiger partial charge >= 0.3 is 0 Å². The molecule has 0 saturated heterocycles. The number of hydrogen-bond donors (Lipinski definition) is 0. The average Bonchev–Trinajstić information content (AvgIpc) is 3.72. The van der Waals surface area contributed by atoms with Gasteiger partial charge in [-0.2, -0.15) is 0 Å². The quantitative estimate of drug-likeness (QED) is 0.160. The molecule has 56 heavy (non-hydrogen) atoms. The maximum Gasteiger partial charge on any atom is 0.0732 e. The van der Waals surface area contributed by atoms with E-state index in [1.54, 1.807) is 0 Å². The Balaban J connectivity index is 1.34. The van der Waals surface area contributed by atoms with Gasteiger partial charge in [-0.1, -0.05) is 173 Å². The van der Waals surface area contributed by atoms with Crippen molar-refractivity contribution in [3.63, 3.8) is 0 Å². The van der Waals surface area contributed by atoms with Crippen molar-refractivity contribution in [3.8, 4) is 22.3 Å². The van der Waals surface area contributed by atoms with E-state index in [-0.39, 0.29) is 0 Å². The van der Waals surface area contributed by atoms with Crippen LogP contribution >= 0.6 is 0 Å². The third-order valence-corrected chi connectivity index (χ3v) is 12.8. The summed E-state index contributed by atoms with van der Waals surface area (Å²) in [5.74, 6) is 0.906. The Morgan fingerprint density at radius 3 is 1.30 bits per heavy atom. The van der Waals surface area contributed by atoms with E-state index in [2.05, 4.69) is 209 Å². The van der Waals surface area contributed by atoms with Crippen LogP contribution in [0.15, 0.2) is 176 Å².